The van der Waals surface area contributed by atoms with Crippen LogP contribution in [0.3, 0.4) is 0 Å². The molecule has 0 aliphatic carbocycles. The first-order valence-corrected chi connectivity index (χ1v) is 27.2. The fourth-order valence-corrected chi connectivity index (χ4v) is 24.8. The second-order valence-electron chi connectivity index (χ2n) is 8.46. The van der Waals surface area contributed by atoms with Gasteiger partial charge in [0, 0.05) is 0 Å². The lowest BCUT2D eigenvalue weighted by Crippen LogP contribution is -2.46. The zero-order valence-corrected chi connectivity index (χ0v) is 27.1. The quantitative estimate of drug-likeness (QED) is 0.428. The van der Waals surface area contributed by atoms with Crippen molar-refractivity contribution < 1.29 is 28.8 Å². The van der Waals surface area contributed by atoms with E-state index in [0.29, 0.717) is 0 Å². The number of hydrogen-bond acceptors (Lipinski definition) is 7. The van der Waals surface area contributed by atoms with E-state index in [1.165, 1.54) is 0 Å². The minimum absolute atomic E-state index is 0.917. The second-order valence-corrected chi connectivity index (χ2v) is 31.2. The average Bonchev–Trinajstić information content (AvgIpc) is 2.39. The summed E-state index contributed by atoms with van der Waals surface area (Å²) in [6, 6.07) is 1.85. The van der Waals surface area contributed by atoms with E-state index in [2.05, 4.69) is 58.9 Å². The van der Waals surface area contributed by atoms with Crippen molar-refractivity contribution in [3.8, 4) is 0 Å². The molecule has 1 heterocycles. The molecule has 3 atom stereocenters. The molecule has 1 saturated heterocycles. The summed E-state index contributed by atoms with van der Waals surface area (Å²) >= 11 is 0. The molecular weight excluding hydrogens is 469 g/mol. The van der Waals surface area contributed by atoms with Crippen LogP contribution in [0.5, 0.6) is 0 Å². The summed E-state index contributed by atoms with van der Waals surface area (Å²) in [4.78, 5) is 0. The highest BCUT2D eigenvalue weighted by Gasteiger charge is 2.31. The molecule has 1 fully saturated rings. The Morgan fingerprint density at radius 3 is 1.77 bits per heavy atom. The lowest BCUT2D eigenvalue weighted by molar-refractivity contribution is 0.290. The maximum absolute atomic E-state index is 6.37. The van der Waals surface area contributed by atoms with Crippen LogP contribution >= 0.6 is 0 Å². The van der Waals surface area contributed by atoms with Gasteiger partial charge in [-0.3, -0.25) is 0 Å². The molecule has 0 amide bonds. The maximum Gasteiger partial charge on any atom is 0.303 e. The lowest BCUT2D eigenvalue weighted by Gasteiger charge is -2.32. The van der Waals surface area contributed by atoms with Crippen LogP contribution in [0.1, 0.15) is 0 Å². The van der Waals surface area contributed by atoms with Crippen molar-refractivity contribution in [1.29, 1.82) is 0 Å². The average molecular weight is 507 g/mol. The van der Waals surface area contributed by atoms with Crippen LogP contribution in [-0.2, 0) is 28.8 Å². The van der Waals surface area contributed by atoms with E-state index in [0.717, 1.165) is 12.1 Å². The highest BCUT2D eigenvalue weighted by Crippen LogP contribution is 2.16. The molecule has 156 valence electrons. The van der Waals surface area contributed by atoms with Crippen molar-refractivity contribution in [3.63, 3.8) is 0 Å². The summed E-state index contributed by atoms with van der Waals surface area (Å²) in [6.07, 6.45) is 0. The highest BCUT2D eigenvalue weighted by molar-refractivity contribution is 6.78. The Bertz CT molecular complexity index is 393. The molecule has 0 N–H and O–H groups in total. The standard InChI is InChI=1S/C11H38O7Si8/c1-20-14-21(2)16-24(17-22(3)15-20)11-10-23(18-26(7,8)9)12-19-13-25(4,5)6/h20-24H,10-11,19H2,1-9H3. The van der Waals surface area contributed by atoms with Gasteiger partial charge in [-0.25, -0.2) is 0 Å². The normalized spacial score (nSPS) is 30.3. The molecule has 0 radical (unpaired) electrons. The minimum atomic E-state index is -1.77. The zero-order chi connectivity index (χ0) is 20.0. The van der Waals surface area contributed by atoms with Crippen LogP contribution in [0.4, 0.5) is 0 Å². The van der Waals surface area contributed by atoms with Crippen LogP contribution in [0, 0.1) is 0 Å². The van der Waals surface area contributed by atoms with Gasteiger partial charge in [-0.05, 0) is 71.0 Å². The van der Waals surface area contributed by atoms with Crippen molar-refractivity contribution in [1.82, 2.24) is 0 Å². The van der Waals surface area contributed by atoms with Crippen molar-refractivity contribution in [3.05, 3.63) is 0 Å². The molecule has 0 saturated carbocycles. The van der Waals surface area contributed by atoms with E-state index in [4.69, 9.17) is 28.8 Å². The Labute approximate surface area is 172 Å². The Kier molecular flexibility index (Phi) is 11.4. The smallest absolute Gasteiger partial charge is 0.303 e. The van der Waals surface area contributed by atoms with Crippen molar-refractivity contribution in [2.45, 2.75) is 71.0 Å². The summed E-state index contributed by atoms with van der Waals surface area (Å²) in [5.41, 5.74) is 0. The van der Waals surface area contributed by atoms with E-state index in [1.807, 2.05) is 0 Å². The maximum atomic E-state index is 6.37. The van der Waals surface area contributed by atoms with Crippen LogP contribution in [-0.4, -0.2) is 73.1 Å². The highest BCUT2D eigenvalue weighted by atomic mass is 28.5. The monoisotopic (exact) mass is 506 g/mol. The molecular formula is C11H38O7Si8. The van der Waals surface area contributed by atoms with Gasteiger partial charge in [-0.15, -0.1) is 0 Å². The molecule has 7 nitrogen and oxygen atoms in total. The zero-order valence-electron chi connectivity index (χ0n) is 17.9. The fourth-order valence-electron chi connectivity index (χ4n) is 2.36. The van der Waals surface area contributed by atoms with Crippen LogP contribution < -0.4 is 0 Å². The first-order valence-electron chi connectivity index (χ1n) is 9.39. The third-order valence-corrected chi connectivity index (χ3v) is 27.1. The molecule has 26 heavy (non-hydrogen) atoms. The van der Waals surface area contributed by atoms with E-state index in [1.54, 1.807) is 0 Å². The molecule has 1 aliphatic heterocycles. The molecule has 1 rings (SSSR count). The van der Waals surface area contributed by atoms with Crippen LogP contribution in [0.2, 0.25) is 71.0 Å². The fraction of sp³-hybridized carbons (Fsp3) is 1.00. The molecule has 3 unspecified atom stereocenters. The lowest BCUT2D eigenvalue weighted by atomic mass is 11.0. The van der Waals surface area contributed by atoms with Gasteiger partial charge in [-0.1, -0.05) is 0 Å². The molecule has 0 aromatic rings. The van der Waals surface area contributed by atoms with Gasteiger partial charge in [0.2, 0.25) is 0 Å². The molecule has 0 aromatic heterocycles. The van der Waals surface area contributed by atoms with Gasteiger partial charge in [0.15, 0.2) is 16.6 Å². The van der Waals surface area contributed by atoms with Gasteiger partial charge in [-0.2, -0.15) is 0 Å². The summed E-state index contributed by atoms with van der Waals surface area (Å²) in [5.74, 6) is 0. The predicted molar refractivity (Wildman–Crippen MR) is 126 cm³/mol. The van der Waals surface area contributed by atoms with Gasteiger partial charge >= 0.3 is 18.6 Å². The van der Waals surface area contributed by atoms with Gasteiger partial charge in [0.25, 0.3) is 37.9 Å². The van der Waals surface area contributed by atoms with Gasteiger partial charge in [0.05, 0.1) is 0 Å². The SMILES string of the molecule is C[SiH]1O[SiH](C)O[SiH](CC[SiH](O[SiH2]O[Si](C)(C)C)O[Si](C)(C)C)O[SiH](C)O1. The third kappa shape index (κ3) is 12.8. The Balaban J connectivity index is 2.56. The molecule has 0 bridgehead atoms. The largest absolute Gasteiger partial charge is 0.441 e. The molecule has 1 aliphatic rings. The van der Waals surface area contributed by atoms with Gasteiger partial charge in [0.1, 0.15) is 0 Å². The minimum Gasteiger partial charge on any atom is -0.441 e. The van der Waals surface area contributed by atoms with E-state index >= 15 is 0 Å². The first-order chi connectivity index (χ1) is 11.8. The van der Waals surface area contributed by atoms with Crippen LogP contribution in [0.15, 0.2) is 0 Å². The summed E-state index contributed by atoms with van der Waals surface area (Å²) in [6.45, 7) is 19.5. The number of rotatable bonds is 9. The van der Waals surface area contributed by atoms with E-state index in [-0.39, 0.29) is 0 Å². The topological polar surface area (TPSA) is 64.6 Å². The van der Waals surface area contributed by atoms with Crippen LogP contribution in [0.25, 0.3) is 0 Å². The predicted octanol–water partition coefficient (Wildman–Crippen LogP) is 0.777. The summed E-state index contributed by atoms with van der Waals surface area (Å²) in [7, 11) is -12.5. The van der Waals surface area contributed by atoms with E-state index in [9.17, 15) is 0 Å². The Morgan fingerprint density at radius 1 is 0.808 bits per heavy atom. The van der Waals surface area contributed by atoms with Crippen molar-refractivity contribution >= 4 is 73.1 Å². The summed E-state index contributed by atoms with van der Waals surface area (Å²) < 4.78 is 42.9. The molecule has 0 aromatic carbocycles. The molecule has 15 heteroatoms. The Morgan fingerprint density at radius 2 is 1.31 bits per heavy atom. The van der Waals surface area contributed by atoms with Gasteiger partial charge < -0.3 is 28.8 Å². The van der Waals surface area contributed by atoms with Crippen molar-refractivity contribution in [2.75, 3.05) is 0 Å². The summed E-state index contributed by atoms with van der Waals surface area (Å²) in [5, 5.41) is 0. The third-order valence-electron chi connectivity index (χ3n) is 3.32. The van der Waals surface area contributed by atoms with E-state index < -0.39 is 73.1 Å². The molecule has 0 spiro atoms. The number of hydrogen-bond donors (Lipinski definition) is 0. The second kappa shape index (κ2) is 11.6. The first kappa shape index (κ1) is 25.5. The van der Waals surface area contributed by atoms with Crippen molar-refractivity contribution in [2.24, 2.45) is 0 Å². The Hall–Kier alpha value is 1.46.